The third kappa shape index (κ3) is 2.94. The number of nitrogens with zero attached hydrogens (tertiary/aromatic N) is 2. The molecule has 2 rings (SSSR count). The molecule has 19 heavy (non-hydrogen) atoms. The fourth-order valence-corrected chi connectivity index (χ4v) is 4.44. The summed E-state index contributed by atoms with van der Waals surface area (Å²) in [4.78, 5) is 4.14. The van der Waals surface area contributed by atoms with E-state index in [-0.39, 0.29) is 9.64 Å². The van der Waals surface area contributed by atoms with E-state index in [4.69, 9.17) is 5.73 Å². The molecule has 1 aromatic rings. The van der Waals surface area contributed by atoms with Crippen LogP contribution >= 0.6 is 11.8 Å². The molecule has 0 unspecified atom stereocenters. The lowest BCUT2D eigenvalue weighted by molar-refractivity contribution is 0.301. The summed E-state index contributed by atoms with van der Waals surface area (Å²) in [6.07, 6.45) is 6.60. The van der Waals surface area contributed by atoms with Crippen LogP contribution in [0.15, 0.2) is 29.4 Å². The summed E-state index contributed by atoms with van der Waals surface area (Å²) in [6, 6.07) is 3.23. The van der Waals surface area contributed by atoms with Crippen molar-refractivity contribution in [1.29, 1.82) is 0 Å². The molecule has 1 saturated heterocycles. The number of rotatable bonds is 4. The van der Waals surface area contributed by atoms with E-state index in [1.807, 2.05) is 6.26 Å². The first-order chi connectivity index (χ1) is 9.04. The number of hydrogen-bond donors (Lipinski definition) is 1. The van der Waals surface area contributed by atoms with Crippen molar-refractivity contribution in [3.63, 3.8) is 0 Å². The molecule has 0 saturated carbocycles. The number of aromatic nitrogens is 1. The Balaban J connectivity index is 2.14. The maximum absolute atomic E-state index is 12.4. The van der Waals surface area contributed by atoms with Crippen LogP contribution in [0.25, 0.3) is 0 Å². The molecule has 1 fully saturated rings. The fourth-order valence-electron chi connectivity index (χ4n) is 2.27. The molecule has 0 radical (unpaired) electrons. The van der Waals surface area contributed by atoms with Crippen LogP contribution in [0.3, 0.4) is 0 Å². The molecule has 1 aliphatic rings. The van der Waals surface area contributed by atoms with E-state index in [0.717, 1.165) is 12.8 Å². The summed E-state index contributed by atoms with van der Waals surface area (Å²) in [5.41, 5.74) is 5.82. The zero-order valence-corrected chi connectivity index (χ0v) is 12.6. The second-order valence-corrected chi connectivity index (χ2v) is 7.90. The normalized spacial score (nSPS) is 20.3. The molecular weight excluding hydrogens is 282 g/mol. The topological polar surface area (TPSA) is 76.3 Å². The van der Waals surface area contributed by atoms with Crippen LogP contribution in [0.5, 0.6) is 0 Å². The van der Waals surface area contributed by atoms with Gasteiger partial charge in [-0.05, 0) is 31.2 Å². The summed E-state index contributed by atoms with van der Waals surface area (Å²) in [7, 11) is -3.41. The Labute approximate surface area is 118 Å². The van der Waals surface area contributed by atoms with E-state index >= 15 is 0 Å². The van der Waals surface area contributed by atoms with Crippen LogP contribution in [0.4, 0.5) is 0 Å². The van der Waals surface area contributed by atoms with Crippen LogP contribution in [0.1, 0.15) is 12.8 Å². The Kier molecular flexibility index (Phi) is 4.50. The highest BCUT2D eigenvalue weighted by Crippen LogP contribution is 2.35. The molecule has 106 valence electrons. The maximum atomic E-state index is 12.4. The third-order valence-electron chi connectivity index (χ3n) is 3.71. The van der Waals surface area contributed by atoms with Crippen molar-refractivity contribution >= 4 is 21.8 Å². The molecule has 0 aliphatic carbocycles. The minimum atomic E-state index is -3.41. The van der Waals surface area contributed by atoms with Gasteiger partial charge in [-0.1, -0.05) is 0 Å². The van der Waals surface area contributed by atoms with E-state index in [0.29, 0.717) is 19.6 Å². The molecule has 5 nitrogen and oxygen atoms in total. The van der Waals surface area contributed by atoms with Gasteiger partial charge in [0.2, 0.25) is 10.0 Å². The maximum Gasteiger partial charge on any atom is 0.244 e. The van der Waals surface area contributed by atoms with E-state index in [2.05, 4.69) is 4.98 Å². The third-order valence-corrected chi connectivity index (χ3v) is 7.03. The quantitative estimate of drug-likeness (QED) is 0.895. The molecule has 7 heteroatoms. The zero-order valence-electron chi connectivity index (χ0n) is 10.9. The average Bonchev–Trinajstić information content (AvgIpc) is 2.48. The van der Waals surface area contributed by atoms with E-state index in [9.17, 15) is 8.42 Å². The fraction of sp³-hybridized carbons (Fsp3) is 0.583. The van der Waals surface area contributed by atoms with E-state index in [1.54, 1.807) is 30.1 Å². The molecule has 0 amide bonds. The molecule has 0 bridgehead atoms. The lowest BCUT2D eigenvalue weighted by Crippen LogP contribution is -2.48. The number of sulfonamides is 1. The minimum absolute atomic E-state index is 0.0287. The predicted octanol–water partition coefficient (Wildman–Crippen LogP) is 0.927. The summed E-state index contributed by atoms with van der Waals surface area (Å²) >= 11 is 1.74. The lowest BCUT2D eigenvalue weighted by Gasteiger charge is -2.39. The first-order valence-corrected chi connectivity index (χ1v) is 8.86. The SMILES string of the molecule is CSC1(CN)CCN(S(=O)(=O)c2cccnc2)CC1. The molecule has 1 aliphatic heterocycles. The van der Waals surface area contributed by atoms with Gasteiger partial charge in [0.05, 0.1) is 0 Å². The summed E-state index contributed by atoms with van der Waals surface area (Å²) < 4.78 is 26.4. The van der Waals surface area contributed by atoms with Crippen molar-refractivity contribution in [1.82, 2.24) is 9.29 Å². The number of hydrogen-bond acceptors (Lipinski definition) is 5. The summed E-state index contributed by atoms with van der Waals surface area (Å²) in [6.45, 7) is 1.64. The molecule has 2 N–H and O–H groups in total. The van der Waals surface area contributed by atoms with Crippen molar-refractivity contribution in [2.24, 2.45) is 5.73 Å². The van der Waals surface area contributed by atoms with Gasteiger partial charge in [-0.15, -0.1) is 0 Å². The minimum Gasteiger partial charge on any atom is -0.329 e. The van der Waals surface area contributed by atoms with Crippen molar-refractivity contribution in [3.05, 3.63) is 24.5 Å². The van der Waals surface area contributed by atoms with Gasteiger partial charge in [0.25, 0.3) is 0 Å². The smallest absolute Gasteiger partial charge is 0.244 e. The van der Waals surface area contributed by atoms with Gasteiger partial charge in [-0.2, -0.15) is 16.1 Å². The molecule has 2 heterocycles. The van der Waals surface area contributed by atoms with Crippen LogP contribution in [-0.2, 0) is 10.0 Å². The number of thioether (sulfide) groups is 1. The first-order valence-electron chi connectivity index (χ1n) is 6.19. The number of nitrogens with two attached hydrogens (primary N) is 1. The van der Waals surface area contributed by atoms with Gasteiger partial charge < -0.3 is 5.73 Å². The molecule has 0 spiro atoms. The molecule has 0 atom stereocenters. The Morgan fingerprint density at radius 3 is 2.63 bits per heavy atom. The van der Waals surface area contributed by atoms with Crippen LogP contribution < -0.4 is 5.73 Å². The first kappa shape index (κ1) is 14.8. The van der Waals surface area contributed by atoms with Crippen LogP contribution in [0, 0.1) is 0 Å². The van der Waals surface area contributed by atoms with Crippen molar-refractivity contribution in [2.45, 2.75) is 22.5 Å². The zero-order chi connectivity index (χ0) is 13.9. The van der Waals surface area contributed by atoms with Crippen LogP contribution in [0.2, 0.25) is 0 Å². The highest BCUT2D eigenvalue weighted by molar-refractivity contribution is 8.00. The van der Waals surface area contributed by atoms with Crippen molar-refractivity contribution in [3.8, 4) is 0 Å². The standard InChI is InChI=1S/C12H19N3O2S2/c1-18-12(10-13)4-7-15(8-5-12)19(16,17)11-3-2-6-14-9-11/h2-3,6,9H,4-5,7-8,10,13H2,1H3. The van der Waals surface area contributed by atoms with E-state index < -0.39 is 10.0 Å². The van der Waals surface area contributed by atoms with Gasteiger partial charge in [0, 0.05) is 36.8 Å². The van der Waals surface area contributed by atoms with Gasteiger partial charge >= 0.3 is 0 Å². The number of pyridine rings is 1. The van der Waals surface area contributed by atoms with E-state index in [1.165, 1.54) is 10.5 Å². The lowest BCUT2D eigenvalue weighted by atomic mass is 9.97. The average molecular weight is 301 g/mol. The Morgan fingerprint density at radius 1 is 1.47 bits per heavy atom. The van der Waals surface area contributed by atoms with Gasteiger partial charge in [0.1, 0.15) is 4.90 Å². The summed E-state index contributed by atoms with van der Waals surface area (Å²) in [5.74, 6) is 0. The second-order valence-electron chi connectivity index (χ2n) is 4.68. The van der Waals surface area contributed by atoms with Crippen molar-refractivity contribution < 1.29 is 8.42 Å². The second kappa shape index (κ2) is 5.78. The van der Waals surface area contributed by atoms with Crippen LogP contribution in [-0.4, -0.2) is 48.3 Å². The highest BCUT2D eigenvalue weighted by Gasteiger charge is 2.37. The molecular formula is C12H19N3O2S2. The highest BCUT2D eigenvalue weighted by atomic mass is 32.2. The molecule has 0 aromatic carbocycles. The monoisotopic (exact) mass is 301 g/mol. The Hall–Kier alpha value is -0.630. The Bertz CT molecular complexity index is 505. The summed E-state index contributed by atoms with van der Waals surface area (Å²) in [5, 5.41) is 0. The predicted molar refractivity (Wildman–Crippen MR) is 77.5 cm³/mol. The van der Waals surface area contributed by atoms with Gasteiger partial charge in [-0.3, -0.25) is 4.98 Å². The Morgan fingerprint density at radius 2 is 2.16 bits per heavy atom. The van der Waals surface area contributed by atoms with Gasteiger partial charge in [-0.25, -0.2) is 8.42 Å². The largest absolute Gasteiger partial charge is 0.329 e. The molecule has 1 aromatic heterocycles. The van der Waals surface area contributed by atoms with Gasteiger partial charge in [0.15, 0.2) is 0 Å². The number of piperidine rings is 1. The van der Waals surface area contributed by atoms with Crippen molar-refractivity contribution in [2.75, 3.05) is 25.9 Å².